The fourth-order valence-electron chi connectivity index (χ4n) is 3.22. The molecule has 0 aromatic heterocycles. The maximum Gasteiger partial charge on any atom is 0.222 e. The lowest BCUT2D eigenvalue weighted by molar-refractivity contribution is -0.128. The Morgan fingerprint density at radius 3 is 2.55 bits per heavy atom. The van der Waals surface area contributed by atoms with E-state index in [2.05, 4.69) is 35.8 Å². The summed E-state index contributed by atoms with van der Waals surface area (Å²) in [4.78, 5) is 13.9. The van der Waals surface area contributed by atoms with E-state index in [1.54, 1.807) is 0 Å². The normalized spacial score (nSPS) is 21.1. The van der Waals surface area contributed by atoms with Gasteiger partial charge in [-0.2, -0.15) is 0 Å². The molecule has 1 aliphatic carbocycles. The van der Waals surface area contributed by atoms with Gasteiger partial charge >= 0.3 is 0 Å². The zero-order valence-corrected chi connectivity index (χ0v) is 13.3. The summed E-state index contributed by atoms with van der Waals surface area (Å²) in [6, 6.07) is 9.20. The Kier molecular flexibility index (Phi) is 4.12. The van der Waals surface area contributed by atoms with Gasteiger partial charge in [-0.1, -0.05) is 24.3 Å². The quantitative estimate of drug-likeness (QED) is 0.737. The maximum atomic E-state index is 11.8. The van der Waals surface area contributed by atoms with Crippen molar-refractivity contribution in [3.8, 4) is 0 Å². The number of likely N-dealkylation sites (tertiary alicyclic amines) is 1. The van der Waals surface area contributed by atoms with Gasteiger partial charge in [-0.05, 0) is 49.6 Å². The van der Waals surface area contributed by atoms with Crippen LogP contribution in [0.4, 0.5) is 0 Å². The van der Waals surface area contributed by atoms with E-state index in [9.17, 15) is 4.79 Å². The number of hydrogen-bond donors (Lipinski definition) is 0. The van der Waals surface area contributed by atoms with E-state index in [4.69, 9.17) is 0 Å². The average molecular weight is 289 g/mol. The molecule has 1 saturated heterocycles. The number of amides is 1. The smallest absolute Gasteiger partial charge is 0.222 e. The van der Waals surface area contributed by atoms with Crippen molar-refractivity contribution in [3.05, 3.63) is 35.4 Å². The highest BCUT2D eigenvalue weighted by Gasteiger charge is 2.46. The molecule has 1 aliphatic heterocycles. The van der Waals surface area contributed by atoms with E-state index in [0.717, 1.165) is 34.5 Å². The third kappa shape index (κ3) is 2.91. The number of carbonyl (C=O) groups excluding carboxylic acids is 1. The minimum absolute atomic E-state index is 0.283. The number of nitrogens with zero attached hydrogens (tertiary/aromatic N) is 1. The van der Waals surface area contributed by atoms with Crippen molar-refractivity contribution in [1.82, 2.24) is 4.90 Å². The van der Waals surface area contributed by atoms with Gasteiger partial charge in [-0.15, -0.1) is 8.58 Å². The molecule has 0 spiro atoms. The standard InChI is InChI=1S/C17H24NOP/c1-20-12-8-14-4-6-15(7-5-14)17(9-10-17)13-18-11-2-3-16(18)19/h4-7,20H,2-3,8-13H2,1H3. The van der Waals surface area contributed by atoms with Gasteiger partial charge in [-0.3, -0.25) is 4.79 Å². The van der Waals surface area contributed by atoms with Crippen LogP contribution in [-0.2, 0) is 16.6 Å². The summed E-state index contributed by atoms with van der Waals surface area (Å²) in [6.07, 6.45) is 6.79. The Labute approximate surface area is 123 Å². The van der Waals surface area contributed by atoms with Crippen LogP contribution in [0, 0.1) is 0 Å². The van der Waals surface area contributed by atoms with Crippen LogP contribution in [0.25, 0.3) is 0 Å². The average Bonchev–Trinajstić information content (AvgIpc) is 3.15. The predicted molar refractivity (Wildman–Crippen MR) is 86.0 cm³/mol. The van der Waals surface area contributed by atoms with Gasteiger partial charge in [0.05, 0.1) is 0 Å². The van der Waals surface area contributed by atoms with Crippen LogP contribution in [0.2, 0.25) is 0 Å². The van der Waals surface area contributed by atoms with Crippen molar-refractivity contribution in [2.45, 2.75) is 37.5 Å². The lowest BCUT2D eigenvalue weighted by Gasteiger charge is -2.24. The Bertz CT molecular complexity index is 478. The van der Waals surface area contributed by atoms with Crippen LogP contribution < -0.4 is 0 Å². The van der Waals surface area contributed by atoms with Gasteiger partial charge in [0.2, 0.25) is 5.91 Å². The lowest BCUT2D eigenvalue weighted by atomic mass is 9.94. The number of rotatable bonds is 6. The first-order valence-corrected chi connectivity index (χ1v) is 9.46. The molecule has 1 heterocycles. The minimum atomic E-state index is 0.283. The molecule has 1 saturated carbocycles. The summed E-state index contributed by atoms with van der Waals surface area (Å²) in [5.41, 5.74) is 3.18. The summed E-state index contributed by atoms with van der Waals surface area (Å²) >= 11 is 0. The van der Waals surface area contributed by atoms with E-state index in [1.807, 2.05) is 0 Å². The van der Waals surface area contributed by atoms with Gasteiger partial charge in [0.25, 0.3) is 0 Å². The highest BCUT2D eigenvalue weighted by atomic mass is 31.1. The van der Waals surface area contributed by atoms with Crippen LogP contribution in [0.3, 0.4) is 0 Å². The van der Waals surface area contributed by atoms with Gasteiger partial charge < -0.3 is 4.90 Å². The highest BCUT2D eigenvalue weighted by Crippen LogP contribution is 2.49. The third-order valence-electron chi connectivity index (χ3n) is 4.75. The molecule has 0 N–H and O–H groups in total. The Balaban J connectivity index is 1.67. The largest absolute Gasteiger partial charge is 0.342 e. The van der Waals surface area contributed by atoms with Crippen LogP contribution >= 0.6 is 8.58 Å². The first-order valence-electron chi connectivity index (χ1n) is 7.75. The summed E-state index contributed by atoms with van der Waals surface area (Å²) < 4.78 is 0. The molecule has 1 atom stereocenters. The Hall–Kier alpha value is -0.880. The van der Waals surface area contributed by atoms with Gasteiger partial charge in [0.15, 0.2) is 0 Å². The number of aryl methyl sites for hydroxylation is 1. The van der Waals surface area contributed by atoms with Crippen molar-refractivity contribution >= 4 is 14.5 Å². The summed E-state index contributed by atoms with van der Waals surface area (Å²) in [7, 11) is 1.04. The van der Waals surface area contributed by atoms with Crippen molar-refractivity contribution in [2.75, 3.05) is 25.9 Å². The second-order valence-electron chi connectivity index (χ2n) is 6.25. The second-order valence-corrected chi connectivity index (χ2v) is 7.46. The topological polar surface area (TPSA) is 20.3 Å². The maximum absolute atomic E-state index is 11.8. The minimum Gasteiger partial charge on any atom is -0.342 e. The van der Waals surface area contributed by atoms with Crippen LogP contribution in [0.5, 0.6) is 0 Å². The first kappa shape index (κ1) is 14.1. The molecule has 2 aliphatic rings. The van der Waals surface area contributed by atoms with Gasteiger partial charge in [-0.25, -0.2) is 0 Å². The van der Waals surface area contributed by atoms with Crippen molar-refractivity contribution in [1.29, 1.82) is 0 Å². The first-order chi connectivity index (χ1) is 9.73. The summed E-state index contributed by atoms with van der Waals surface area (Å²) in [5.74, 6) is 0.358. The van der Waals surface area contributed by atoms with E-state index >= 15 is 0 Å². The molecule has 1 aromatic carbocycles. The van der Waals surface area contributed by atoms with E-state index in [1.165, 1.54) is 36.6 Å². The van der Waals surface area contributed by atoms with E-state index < -0.39 is 0 Å². The Morgan fingerprint density at radius 1 is 1.25 bits per heavy atom. The number of carbonyl (C=O) groups is 1. The molecule has 2 fully saturated rings. The highest BCUT2D eigenvalue weighted by molar-refractivity contribution is 7.36. The van der Waals surface area contributed by atoms with Crippen molar-refractivity contribution in [2.24, 2.45) is 0 Å². The third-order valence-corrected chi connectivity index (χ3v) is 5.50. The monoisotopic (exact) mass is 289 g/mol. The fraction of sp³-hybridized carbons (Fsp3) is 0.588. The van der Waals surface area contributed by atoms with Gasteiger partial charge in [0.1, 0.15) is 0 Å². The van der Waals surface area contributed by atoms with E-state index in [0.29, 0.717) is 5.91 Å². The molecular weight excluding hydrogens is 265 g/mol. The molecule has 3 heteroatoms. The van der Waals surface area contributed by atoms with Crippen molar-refractivity contribution < 1.29 is 4.79 Å². The molecule has 1 amide bonds. The molecular formula is C17H24NOP. The van der Waals surface area contributed by atoms with Crippen LogP contribution in [0.1, 0.15) is 36.8 Å². The predicted octanol–water partition coefficient (Wildman–Crippen LogP) is 3.19. The number of hydrogen-bond acceptors (Lipinski definition) is 1. The zero-order valence-electron chi connectivity index (χ0n) is 12.3. The van der Waals surface area contributed by atoms with E-state index in [-0.39, 0.29) is 5.41 Å². The summed E-state index contributed by atoms with van der Waals surface area (Å²) in [5, 5.41) is 0. The SMILES string of the molecule is CPCCc1ccc(C2(CN3CCCC3=O)CC2)cc1. The fourth-order valence-corrected chi connectivity index (χ4v) is 3.76. The zero-order chi connectivity index (χ0) is 14.0. The Morgan fingerprint density at radius 2 is 2.00 bits per heavy atom. The van der Waals surface area contributed by atoms with Crippen LogP contribution in [0.15, 0.2) is 24.3 Å². The molecule has 0 bridgehead atoms. The molecule has 20 heavy (non-hydrogen) atoms. The van der Waals surface area contributed by atoms with Crippen LogP contribution in [-0.4, -0.2) is 36.7 Å². The summed E-state index contributed by atoms with van der Waals surface area (Å²) in [6.45, 7) is 4.18. The molecule has 108 valence electrons. The second kappa shape index (κ2) is 5.85. The number of benzene rings is 1. The molecule has 2 nitrogen and oxygen atoms in total. The molecule has 0 radical (unpaired) electrons. The van der Waals surface area contributed by atoms with Gasteiger partial charge in [0, 0.05) is 24.9 Å². The molecule has 1 aromatic rings. The van der Waals surface area contributed by atoms with Crippen molar-refractivity contribution in [3.63, 3.8) is 0 Å². The molecule has 1 unspecified atom stereocenters. The molecule has 3 rings (SSSR count). The lowest BCUT2D eigenvalue weighted by Crippen LogP contribution is -2.33.